The summed E-state index contributed by atoms with van der Waals surface area (Å²) in [6.07, 6.45) is 0. The lowest BCUT2D eigenvalue weighted by Gasteiger charge is -2.19. The molecule has 2 aromatic carbocycles. The van der Waals surface area contributed by atoms with Gasteiger partial charge in [0.1, 0.15) is 4.70 Å². The molecule has 0 fully saturated rings. The van der Waals surface area contributed by atoms with Crippen LogP contribution in [0.25, 0.3) is 21.7 Å². The van der Waals surface area contributed by atoms with Gasteiger partial charge in [-0.2, -0.15) is 0 Å². The van der Waals surface area contributed by atoms with Crippen molar-refractivity contribution >= 4 is 57.4 Å². The van der Waals surface area contributed by atoms with E-state index in [0.29, 0.717) is 20.0 Å². The summed E-state index contributed by atoms with van der Waals surface area (Å²) < 4.78 is 9.35. The van der Waals surface area contributed by atoms with Crippen LogP contribution >= 0.6 is 35.3 Å². The van der Waals surface area contributed by atoms with Crippen LogP contribution in [-0.4, -0.2) is 37.7 Å². The van der Waals surface area contributed by atoms with Crippen LogP contribution in [0.5, 0.6) is 0 Å². The van der Waals surface area contributed by atoms with E-state index in [0.717, 1.165) is 39.7 Å². The number of aryl methyl sites for hydroxylation is 4. The lowest BCUT2D eigenvalue weighted by atomic mass is 10.1. The number of para-hydroxylation sites is 2. The quantitative estimate of drug-likeness (QED) is 0.0938. The first-order valence-electron chi connectivity index (χ1n) is 11.7. The highest BCUT2D eigenvalue weighted by molar-refractivity contribution is 8.01. The highest BCUT2D eigenvalue weighted by atomic mass is 32.2. The van der Waals surface area contributed by atoms with Crippen LogP contribution < -0.4 is 5.56 Å². The average molecular weight is 554 g/mol. The van der Waals surface area contributed by atoms with Crippen molar-refractivity contribution in [2.75, 3.05) is 6.61 Å². The molecule has 0 aliphatic carbocycles. The van der Waals surface area contributed by atoms with Gasteiger partial charge in [0, 0.05) is 0 Å². The minimum Gasteiger partial charge on any atom is -0.465 e. The Morgan fingerprint density at radius 2 is 1.51 bits per heavy atom. The number of thiazole rings is 1. The van der Waals surface area contributed by atoms with Gasteiger partial charge in [-0.05, 0) is 76.0 Å². The van der Waals surface area contributed by atoms with E-state index in [4.69, 9.17) is 21.9 Å². The Hall–Kier alpha value is -3.08. The molecule has 10 heteroatoms. The van der Waals surface area contributed by atoms with Gasteiger partial charge >= 0.3 is 5.97 Å². The van der Waals surface area contributed by atoms with Crippen LogP contribution in [0.3, 0.4) is 0 Å². The third-order valence-corrected chi connectivity index (χ3v) is 8.59. The maximum Gasteiger partial charge on any atom is 0.327 e. The first-order valence-corrected chi connectivity index (χ1v) is 13.8. The first-order chi connectivity index (χ1) is 17.6. The predicted molar refractivity (Wildman–Crippen MR) is 151 cm³/mol. The van der Waals surface area contributed by atoms with Crippen LogP contribution in [0.2, 0.25) is 0 Å². The lowest BCUT2D eigenvalue weighted by Crippen LogP contribution is -2.30. The SMILES string of the molecule is CCOC(=O)C(Sc1nc2c(sc(=S)n2-c2c(C)cccc2C)c(=O)n1-c1c(C)cccc1C)C(C)=O. The highest BCUT2D eigenvalue weighted by Gasteiger charge is 2.30. The van der Waals surface area contributed by atoms with E-state index in [2.05, 4.69) is 0 Å². The number of ether oxygens (including phenoxy) is 1. The summed E-state index contributed by atoms with van der Waals surface area (Å²) in [5.41, 5.74) is 5.30. The zero-order valence-corrected chi connectivity index (χ0v) is 23.9. The molecule has 7 nitrogen and oxygen atoms in total. The minimum atomic E-state index is -1.17. The fourth-order valence-corrected chi connectivity index (χ4v) is 6.58. The summed E-state index contributed by atoms with van der Waals surface area (Å²) in [6.45, 7) is 10.9. The molecule has 1 atom stereocenters. The molecule has 0 spiro atoms. The van der Waals surface area contributed by atoms with E-state index in [1.165, 1.54) is 22.8 Å². The van der Waals surface area contributed by atoms with E-state index < -0.39 is 11.2 Å². The van der Waals surface area contributed by atoms with Crippen molar-refractivity contribution in [3.05, 3.63) is 73.0 Å². The predicted octanol–water partition coefficient (Wildman–Crippen LogP) is 5.81. The van der Waals surface area contributed by atoms with Crippen LogP contribution in [0.15, 0.2) is 46.3 Å². The van der Waals surface area contributed by atoms with Gasteiger partial charge in [-0.25, -0.2) is 4.98 Å². The van der Waals surface area contributed by atoms with Gasteiger partial charge in [0.25, 0.3) is 5.56 Å². The van der Waals surface area contributed by atoms with E-state index in [9.17, 15) is 14.4 Å². The second-order valence-corrected chi connectivity index (χ2v) is 11.4. The number of rotatable bonds is 7. The molecular formula is C27H27N3O4S3. The van der Waals surface area contributed by atoms with Crippen molar-refractivity contribution in [2.24, 2.45) is 0 Å². The fourth-order valence-electron chi connectivity index (χ4n) is 4.35. The summed E-state index contributed by atoms with van der Waals surface area (Å²) in [4.78, 5) is 44.3. The number of thioether (sulfide) groups is 1. The second kappa shape index (κ2) is 10.7. The number of hydrogen-bond donors (Lipinski definition) is 0. The Kier molecular flexibility index (Phi) is 7.82. The molecule has 0 aliphatic heterocycles. The Morgan fingerprint density at radius 1 is 1.00 bits per heavy atom. The Labute approximate surface area is 228 Å². The summed E-state index contributed by atoms with van der Waals surface area (Å²) in [5, 5.41) is -0.953. The lowest BCUT2D eigenvalue weighted by molar-refractivity contribution is -0.144. The number of benzene rings is 2. The number of hydrogen-bond acceptors (Lipinski definition) is 8. The zero-order valence-electron chi connectivity index (χ0n) is 21.4. The van der Waals surface area contributed by atoms with E-state index in [-0.39, 0.29) is 23.1 Å². The molecule has 0 radical (unpaired) electrons. The van der Waals surface area contributed by atoms with E-state index in [1.54, 1.807) is 6.92 Å². The molecule has 2 heterocycles. The number of carbonyl (C=O) groups is 2. The maximum absolute atomic E-state index is 14.1. The standard InChI is InChI=1S/C27H27N3O4S3/c1-7-34-25(33)21(18(6)31)36-26-28-23-22(24(32)30(26)20-16(4)12-9-13-17(20)5)37-27(35)29(23)19-14(2)10-8-11-15(19)3/h8-13,21H,7H2,1-6H3. The number of aromatic nitrogens is 3. The smallest absolute Gasteiger partial charge is 0.327 e. The van der Waals surface area contributed by atoms with Gasteiger partial charge in [0.2, 0.25) is 0 Å². The average Bonchev–Trinajstić information content (AvgIpc) is 3.14. The molecule has 0 saturated carbocycles. The Bertz CT molecular complexity index is 1630. The normalized spacial score (nSPS) is 12.1. The monoisotopic (exact) mass is 553 g/mol. The molecule has 2 aromatic heterocycles. The van der Waals surface area contributed by atoms with Gasteiger partial charge in [-0.3, -0.25) is 23.5 Å². The van der Waals surface area contributed by atoms with Gasteiger partial charge in [-0.15, -0.1) is 0 Å². The molecule has 0 bridgehead atoms. The van der Waals surface area contributed by atoms with Gasteiger partial charge in [0.05, 0.1) is 18.0 Å². The van der Waals surface area contributed by atoms with Crippen LogP contribution in [-0.2, 0) is 14.3 Å². The molecular weight excluding hydrogens is 527 g/mol. The van der Waals surface area contributed by atoms with Crippen molar-refractivity contribution in [2.45, 2.75) is 51.9 Å². The molecule has 0 N–H and O–H groups in total. The van der Waals surface area contributed by atoms with E-state index in [1.807, 2.05) is 68.7 Å². The topological polar surface area (TPSA) is 83.2 Å². The Morgan fingerprint density at radius 3 is 2.00 bits per heavy atom. The number of Topliss-reactive ketones (excluding diaryl/α,β-unsaturated/α-hetero) is 1. The first kappa shape index (κ1) is 27.0. The van der Waals surface area contributed by atoms with Gasteiger partial charge in [-0.1, -0.05) is 59.5 Å². The molecule has 37 heavy (non-hydrogen) atoms. The maximum atomic E-state index is 14.1. The molecule has 4 aromatic rings. The molecule has 1 unspecified atom stereocenters. The third-order valence-electron chi connectivity index (χ3n) is 6.00. The number of carbonyl (C=O) groups excluding carboxylic acids is 2. The molecule has 4 rings (SSSR count). The minimum absolute atomic E-state index is 0.135. The number of ketones is 1. The summed E-state index contributed by atoms with van der Waals surface area (Å²) in [7, 11) is 0. The van der Waals surface area contributed by atoms with Crippen molar-refractivity contribution in [3.63, 3.8) is 0 Å². The molecule has 0 aliphatic rings. The zero-order chi connectivity index (χ0) is 27.0. The Balaban J connectivity index is 2.11. The van der Waals surface area contributed by atoms with E-state index >= 15 is 0 Å². The van der Waals surface area contributed by atoms with Crippen LogP contribution in [0, 0.1) is 31.6 Å². The van der Waals surface area contributed by atoms with Gasteiger partial charge < -0.3 is 4.74 Å². The third kappa shape index (κ3) is 4.93. The number of esters is 1. The van der Waals surface area contributed by atoms with Crippen molar-refractivity contribution in [1.29, 1.82) is 0 Å². The largest absolute Gasteiger partial charge is 0.465 e. The van der Waals surface area contributed by atoms with Crippen LogP contribution in [0.1, 0.15) is 36.1 Å². The van der Waals surface area contributed by atoms with Crippen LogP contribution in [0.4, 0.5) is 0 Å². The number of fused-ring (bicyclic) bond motifs is 1. The van der Waals surface area contributed by atoms with Gasteiger partial charge in [0.15, 0.2) is 25.8 Å². The summed E-state index contributed by atoms with van der Waals surface area (Å²) >= 11 is 7.85. The molecule has 0 amide bonds. The number of nitrogens with zero attached hydrogens (tertiary/aromatic N) is 3. The summed E-state index contributed by atoms with van der Waals surface area (Å²) in [5.74, 6) is -1.05. The highest BCUT2D eigenvalue weighted by Crippen LogP contribution is 2.33. The second-order valence-electron chi connectivity index (χ2n) is 8.73. The van der Waals surface area contributed by atoms with Crippen molar-refractivity contribution < 1.29 is 14.3 Å². The summed E-state index contributed by atoms with van der Waals surface area (Å²) in [6, 6.07) is 11.7. The molecule has 0 saturated heterocycles. The fraction of sp³-hybridized carbons (Fsp3) is 0.296. The van der Waals surface area contributed by atoms with Crippen molar-refractivity contribution in [3.8, 4) is 11.4 Å². The molecule has 192 valence electrons. The van der Waals surface area contributed by atoms with Crippen molar-refractivity contribution in [1.82, 2.24) is 14.1 Å².